The summed E-state index contributed by atoms with van der Waals surface area (Å²) < 4.78 is 32.3. The molecule has 0 bridgehead atoms. The zero-order valence-corrected chi connectivity index (χ0v) is 19.1. The van der Waals surface area contributed by atoms with Crippen LogP contribution in [0.25, 0.3) is 11.3 Å². The highest BCUT2D eigenvalue weighted by molar-refractivity contribution is 5.85. The van der Waals surface area contributed by atoms with Gasteiger partial charge in [-0.15, -0.1) is 0 Å². The fraction of sp³-hybridized carbons (Fsp3) is 0.435. The minimum atomic E-state index is -4.54. The first-order valence-corrected chi connectivity index (χ1v) is 10.6. The highest BCUT2D eigenvalue weighted by atomic mass is 19.3. The Morgan fingerprint density at radius 2 is 1.76 bits per heavy atom. The molecule has 10 heteroatoms. The van der Waals surface area contributed by atoms with Crippen LogP contribution in [0.3, 0.4) is 0 Å². The van der Waals surface area contributed by atoms with Crippen LogP contribution in [-0.2, 0) is 15.3 Å². The maximum atomic E-state index is 15.9. The molecule has 8 nitrogen and oxygen atoms in total. The molecule has 0 spiro atoms. The van der Waals surface area contributed by atoms with Gasteiger partial charge < -0.3 is 21.5 Å². The minimum absolute atomic E-state index is 0.0750. The van der Waals surface area contributed by atoms with E-state index in [1.807, 2.05) is 0 Å². The van der Waals surface area contributed by atoms with E-state index in [2.05, 4.69) is 10.6 Å². The number of halogens is 2. The number of carbonyl (C=O) groups is 2. The number of rotatable bonds is 9. The molecule has 1 aromatic carbocycles. The van der Waals surface area contributed by atoms with Crippen LogP contribution < -0.4 is 21.9 Å². The van der Waals surface area contributed by atoms with Crippen LogP contribution in [0, 0.1) is 5.92 Å². The van der Waals surface area contributed by atoms with Gasteiger partial charge in [0.2, 0.25) is 11.6 Å². The average Bonchev–Trinajstić information content (AvgIpc) is 2.77. The molecule has 2 amide bonds. The Morgan fingerprint density at radius 3 is 2.27 bits per heavy atom. The van der Waals surface area contributed by atoms with Crippen molar-refractivity contribution in [2.75, 3.05) is 12.3 Å². The molecule has 180 valence electrons. The van der Waals surface area contributed by atoms with Crippen molar-refractivity contribution in [1.29, 1.82) is 0 Å². The fourth-order valence-electron chi connectivity index (χ4n) is 3.67. The first-order chi connectivity index (χ1) is 15.4. The molecule has 2 aromatic rings. The Kier molecular flexibility index (Phi) is 7.97. The van der Waals surface area contributed by atoms with Crippen molar-refractivity contribution in [1.82, 2.24) is 15.2 Å². The molecule has 0 aliphatic carbocycles. The largest absolute Gasteiger partial charge is 0.394 e. The van der Waals surface area contributed by atoms with Gasteiger partial charge in [-0.1, -0.05) is 51.1 Å². The van der Waals surface area contributed by atoms with Gasteiger partial charge in [0, 0.05) is 13.5 Å². The number of hydrogen-bond donors (Lipinski definition) is 4. The lowest BCUT2D eigenvalue weighted by Crippen LogP contribution is -2.70. The number of nitrogens with two attached hydrogens (primary N) is 1. The summed E-state index contributed by atoms with van der Waals surface area (Å²) >= 11 is 0. The number of nitrogens with zero attached hydrogens (tertiary/aromatic N) is 1. The minimum Gasteiger partial charge on any atom is -0.394 e. The molecule has 0 radical (unpaired) electrons. The maximum Gasteiger partial charge on any atom is 0.373 e. The van der Waals surface area contributed by atoms with E-state index in [0.29, 0.717) is 16.6 Å². The molecule has 1 heterocycles. The molecule has 0 saturated heterocycles. The molecule has 0 aliphatic rings. The van der Waals surface area contributed by atoms with Crippen molar-refractivity contribution in [3.8, 4) is 11.3 Å². The molecular formula is C23H30F2N4O4. The standard InChI is InChI=1S/C23H30F2N4O4/c1-5-13-27-21(32)22(24,25)23(33,19(14(2)3)28-15(4)30)29-18(12-11-17(26)20(29)31)16-9-7-6-8-10-16/h6-12,14,19,33H,5,13,26H2,1-4H3,(H,27,32)(H,28,30). The Balaban J connectivity index is 2.98. The summed E-state index contributed by atoms with van der Waals surface area (Å²) in [5.74, 6) is -7.87. The second-order valence-corrected chi connectivity index (χ2v) is 8.16. The molecule has 0 saturated carbocycles. The van der Waals surface area contributed by atoms with Crippen molar-refractivity contribution >= 4 is 17.5 Å². The molecular weight excluding hydrogens is 434 g/mol. The van der Waals surface area contributed by atoms with Gasteiger partial charge in [-0.2, -0.15) is 8.78 Å². The molecule has 2 rings (SSSR count). The first kappa shape index (κ1) is 26.0. The van der Waals surface area contributed by atoms with E-state index in [9.17, 15) is 19.5 Å². The van der Waals surface area contributed by atoms with Crippen LogP contribution in [0.4, 0.5) is 14.5 Å². The van der Waals surface area contributed by atoms with Crippen molar-refractivity contribution in [3.63, 3.8) is 0 Å². The van der Waals surface area contributed by atoms with E-state index < -0.39 is 46.7 Å². The number of nitrogen functional groups attached to an aromatic ring is 1. The normalized spacial score (nSPS) is 14.4. The van der Waals surface area contributed by atoms with Gasteiger partial charge in [0.15, 0.2) is 0 Å². The number of aromatic nitrogens is 1. The van der Waals surface area contributed by atoms with Crippen LogP contribution in [-0.4, -0.2) is 40.0 Å². The van der Waals surface area contributed by atoms with Crippen molar-refractivity contribution in [2.24, 2.45) is 5.92 Å². The van der Waals surface area contributed by atoms with Crippen LogP contribution in [0.2, 0.25) is 0 Å². The van der Waals surface area contributed by atoms with E-state index in [1.54, 1.807) is 37.3 Å². The summed E-state index contributed by atoms with van der Waals surface area (Å²) in [5.41, 5.74) is 0.947. The van der Waals surface area contributed by atoms with Crippen LogP contribution in [0.15, 0.2) is 47.3 Å². The van der Waals surface area contributed by atoms with E-state index in [1.165, 1.54) is 26.0 Å². The number of nitrogens with one attached hydrogen (secondary N) is 2. The molecule has 2 unspecified atom stereocenters. The topological polar surface area (TPSA) is 126 Å². The second kappa shape index (κ2) is 10.1. The third kappa shape index (κ3) is 4.90. The summed E-state index contributed by atoms with van der Waals surface area (Å²) in [6.07, 6.45) is 0.368. The predicted octanol–water partition coefficient (Wildman–Crippen LogP) is 2.06. The molecule has 0 fully saturated rings. The van der Waals surface area contributed by atoms with Gasteiger partial charge in [0.1, 0.15) is 0 Å². The lowest BCUT2D eigenvalue weighted by atomic mass is 9.86. The van der Waals surface area contributed by atoms with Crippen molar-refractivity contribution in [3.05, 3.63) is 52.8 Å². The van der Waals surface area contributed by atoms with Gasteiger partial charge in [0.05, 0.1) is 17.4 Å². The van der Waals surface area contributed by atoms with E-state index in [-0.39, 0.29) is 12.2 Å². The summed E-state index contributed by atoms with van der Waals surface area (Å²) in [7, 11) is 0. The van der Waals surface area contributed by atoms with E-state index >= 15 is 8.78 Å². The average molecular weight is 465 g/mol. The van der Waals surface area contributed by atoms with Gasteiger partial charge in [-0.05, 0) is 30.0 Å². The Hall–Kier alpha value is -3.27. The van der Waals surface area contributed by atoms with Gasteiger partial charge >= 0.3 is 5.92 Å². The van der Waals surface area contributed by atoms with Crippen LogP contribution in [0.5, 0.6) is 0 Å². The van der Waals surface area contributed by atoms with Crippen molar-refractivity contribution < 1.29 is 23.5 Å². The number of pyridine rings is 1. The summed E-state index contributed by atoms with van der Waals surface area (Å²) in [5, 5.41) is 16.2. The number of benzene rings is 1. The molecule has 33 heavy (non-hydrogen) atoms. The molecule has 1 aromatic heterocycles. The van der Waals surface area contributed by atoms with Crippen LogP contribution in [0.1, 0.15) is 34.1 Å². The second-order valence-electron chi connectivity index (χ2n) is 8.16. The summed E-state index contributed by atoms with van der Waals surface area (Å²) in [4.78, 5) is 37.8. The fourth-order valence-corrected chi connectivity index (χ4v) is 3.67. The highest BCUT2D eigenvalue weighted by Crippen LogP contribution is 2.41. The lowest BCUT2D eigenvalue weighted by Gasteiger charge is -2.44. The number of aliphatic hydroxyl groups is 1. The molecule has 2 atom stereocenters. The molecule has 5 N–H and O–H groups in total. The number of anilines is 1. The summed E-state index contributed by atoms with van der Waals surface area (Å²) in [6.45, 7) is 5.64. The van der Waals surface area contributed by atoms with Crippen LogP contribution >= 0.6 is 0 Å². The number of alkyl halides is 2. The number of amides is 2. The highest BCUT2D eigenvalue weighted by Gasteiger charge is 2.65. The van der Waals surface area contributed by atoms with Gasteiger partial charge in [-0.3, -0.25) is 19.0 Å². The Labute approximate surface area is 190 Å². The van der Waals surface area contributed by atoms with Crippen molar-refractivity contribution in [2.45, 2.75) is 51.8 Å². The Morgan fingerprint density at radius 1 is 1.15 bits per heavy atom. The predicted molar refractivity (Wildman–Crippen MR) is 121 cm³/mol. The maximum absolute atomic E-state index is 15.9. The van der Waals surface area contributed by atoms with Gasteiger partial charge in [-0.25, -0.2) is 0 Å². The summed E-state index contributed by atoms with van der Waals surface area (Å²) in [6, 6.07) is 8.86. The van der Waals surface area contributed by atoms with E-state index in [4.69, 9.17) is 5.73 Å². The number of hydrogen-bond acceptors (Lipinski definition) is 5. The monoisotopic (exact) mass is 464 g/mol. The smallest absolute Gasteiger partial charge is 0.373 e. The third-order valence-electron chi connectivity index (χ3n) is 5.26. The zero-order chi connectivity index (χ0) is 25.0. The quantitative estimate of drug-likeness (QED) is 0.452. The first-order valence-electron chi connectivity index (χ1n) is 10.6. The lowest BCUT2D eigenvalue weighted by molar-refractivity contribution is -0.243. The van der Waals surface area contributed by atoms with Gasteiger partial charge in [0.25, 0.3) is 11.5 Å². The molecule has 0 aliphatic heterocycles. The Bertz CT molecular complexity index is 1060. The van der Waals surface area contributed by atoms with E-state index in [0.717, 1.165) is 6.92 Å². The third-order valence-corrected chi connectivity index (χ3v) is 5.26. The number of carbonyl (C=O) groups excluding carboxylic acids is 2. The zero-order valence-electron chi connectivity index (χ0n) is 19.1. The SMILES string of the molecule is CCCNC(=O)C(F)(F)C(O)(C(NC(C)=O)C(C)C)n1c(-c2ccccc2)ccc(N)c1=O.